The second-order valence-corrected chi connectivity index (χ2v) is 12.4. The van der Waals surface area contributed by atoms with Gasteiger partial charge < -0.3 is 35.4 Å². The minimum atomic E-state index is -2.82. The topological polar surface area (TPSA) is 213 Å². The van der Waals surface area contributed by atoms with Crippen LogP contribution in [0.5, 0.6) is 5.75 Å². The second-order valence-electron chi connectivity index (χ2n) is 12.4. The van der Waals surface area contributed by atoms with E-state index in [9.17, 15) is 39.6 Å². The molecule has 3 rings (SSSR count). The van der Waals surface area contributed by atoms with E-state index < -0.39 is 69.9 Å². The summed E-state index contributed by atoms with van der Waals surface area (Å²) in [6, 6.07) is 0.466. The molecule has 0 bridgehead atoms. The maximum atomic E-state index is 14.3. The molecule has 2 aliphatic carbocycles. The van der Waals surface area contributed by atoms with Crippen LogP contribution in [-0.2, 0) is 20.9 Å². The predicted octanol–water partition coefficient (Wildman–Crippen LogP) is 3.84. The number of nitrogens with zero attached hydrogens (tertiary/aromatic N) is 3. The third-order valence-corrected chi connectivity index (χ3v) is 8.83. The number of allylic oxidation sites excluding steroid dienone is 1. The van der Waals surface area contributed by atoms with Crippen LogP contribution in [0.4, 0.5) is 10.5 Å². The maximum absolute atomic E-state index is 14.3. The molecule has 4 atom stereocenters. The molecule has 0 heterocycles. The molecular formula is C32H45N5O9. The van der Waals surface area contributed by atoms with Gasteiger partial charge in [0.2, 0.25) is 5.78 Å². The largest absolute Gasteiger partial charge is 0.510 e. The van der Waals surface area contributed by atoms with Gasteiger partial charge in [-0.25, -0.2) is 10.3 Å². The first-order valence-electron chi connectivity index (χ1n) is 15.3. The van der Waals surface area contributed by atoms with Crippen molar-refractivity contribution in [2.45, 2.75) is 71.1 Å². The van der Waals surface area contributed by atoms with Crippen molar-refractivity contribution in [2.24, 2.45) is 17.0 Å². The highest BCUT2D eigenvalue weighted by molar-refractivity contribution is 6.25. The molecule has 0 aliphatic heterocycles. The van der Waals surface area contributed by atoms with Crippen molar-refractivity contribution < 1.29 is 44.3 Å². The number of nitrogens with one attached hydrogen (secondary N) is 2. The Morgan fingerprint density at radius 3 is 2.35 bits per heavy atom. The highest BCUT2D eigenvalue weighted by Gasteiger charge is 2.62. The van der Waals surface area contributed by atoms with E-state index in [0.29, 0.717) is 17.7 Å². The molecule has 0 aromatic heterocycles. The fraction of sp³-hybridized carbons (Fsp3) is 0.562. The number of aliphatic hydroxyl groups excluding tert-OH is 2. The van der Waals surface area contributed by atoms with E-state index in [1.807, 2.05) is 0 Å². The molecule has 6 N–H and O–H groups in total. The molecule has 0 radical (unpaired) electrons. The quantitative estimate of drug-likeness (QED) is 0.0833. The summed E-state index contributed by atoms with van der Waals surface area (Å²) < 4.78 is 5.21. The normalized spacial score (nSPS) is 22.9. The summed E-state index contributed by atoms with van der Waals surface area (Å²) in [6.07, 6.45) is 2.93. The predicted molar refractivity (Wildman–Crippen MR) is 168 cm³/mol. The molecule has 0 saturated heterocycles. The number of carbonyl (C=O) groups excluding carboxylic acids is 4. The summed E-state index contributed by atoms with van der Waals surface area (Å²) in [5.74, 6) is -7.81. The molecule has 1 aromatic rings. The number of unbranched alkanes of at least 4 members (excludes halogenated alkanes) is 3. The van der Waals surface area contributed by atoms with Gasteiger partial charge in [0.15, 0.2) is 11.4 Å². The van der Waals surface area contributed by atoms with Crippen molar-refractivity contribution in [1.82, 2.24) is 10.2 Å². The van der Waals surface area contributed by atoms with Crippen LogP contribution in [0.2, 0.25) is 0 Å². The number of likely N-dealkylation sites (N-methyl/N-ethyl adjacent to an activating group) is 1. The number of aromatic hydroxyl groups is 1. The third-order valence-electron chi connectivity index (χ3n) is 8.83. The third kappa shape index (κ3) is 6.49. The van der Waals surface area contributed by atoms with Crippen LogP contribution in [0.25, 0.3) is 0 Å². The van der Waals surface area contributed by atoms with Gasteiger partial charge in [0, 0.05) is 43.4 Å². The van der Waals surface area contributed by atoms with Crippen LogP contribution in [0, 0.1) is 24.3 Å². The summed E-state index contributed by atoms with van der Waals surface area (Å²) in [5, 5.41) is 51.1. The first-order chi connectivity index (χ1) is 21.6. The van der Waals surface area contributed by atoms with Gasteiger partial charge in [-0.05, 0) is 51.4 Å². The summed E-state index contributed by atoms with van der Waals surface area (Å²) in [4.78, 5) is 55.9. The lowest BCUT2D eigenvalue weighted by Gasteiger charge is -2.48. The van der Waals surface area contributed by atoms with Gasteiger partial charge in [-0.15, -0.1) is 5.11 Å². The lowest BCUT2D eigenvalue weighted by atomic mass is 9.61. The molecule has 0 spiro atoms. The minimum Gasteiger partial charge on any atom is -0.510 e. The zero-order valence-electron chi connectivity index (χ0n) is 27.4. The van der Waals surface area contributed by atoms with Gasteiger partial charge in [0.05, 0.1) is 18.2 Å². The lowest BCUT2D eigenvalue weighted by Crippen LogP contribution is -2.63. The molecule has 0 unspecified atom stereocenters. The van der Waals surface area contributed by atoms with Crippen molar-refractivity contribution in [3.05, 3.63) is 45.4 Å². The highest BCUT2D eigenvalue weighted by Crippen LogP contribution is 2.50. The van der Waals surface area contributed by atoms with Gasteiger partial charge in [0.25, 0.3) is 0 Å². The van der Waals surface area contributed by atoms with Crippen LogP contribution in [0.15, 0.2) is 33.8 Å². The van der Waals surface area contributed by atoms with Crippen LogP contribution >= 0.6 is 0 Å². The fourth-order valence-electron chi connectivity index (χ4n) is 6.49. The SMILES string of the molecule is CCCCCCOC(=O)NCc1cc(N(C)C)c(C)c(C(=O)C2=C(O)[C@]3(O)C(=O)C(C(=O)N=N)=C(O)[C@@H](N(C)C)[C@@H]3C[C@@H]2C)c1O. The first kappa shape index (κ1) is 36.2. The number of phenols is 1. The molecule has 1 aromatic carbocycles. The fourth-order valence-corrected chi connectivity index (χ4v) is 6.49. The molecule has 46 heavy (non-hydrogen) atoms. The molecule has 252 valence electrons. The van der Waals surface area contributed by atoms with E-state index in [1.54, 1.807) is 38.9 Å². The number of carbonyl (C=O) groups is 4. The highest BCUT2D eigenvalue weighted by atomic mass is 16.5. The van der Waals surface area contributed by atoms with E-state index in [2.05, 4.69) is 17.4 Å². The van der Waals surface area contributed by atoms with Gasteiger partial charge in [0.1, 0.15) is 22.8 Å². The molecular weight excluding hydrogens is 598 g/mol. The van der Waals surface area contributed by atoms with Crippen LogP contribution < -0.4 is 10.2 Å². The number of ether oxygens (including phenoxy) is 1. The Labute approximate surface area is 268 Å². The number of rotatable bonds is 12. The van der Waals surface area contributed by atoms with Gasteiger partial charge >= 0.3 is 12.0 Å². The number of hydrogen-bond donors (Lipinski definition) is 6. The number of benzene rings is 1. The summed E-state index contributed by atoms with van der Waals surface area (Å²) in [6.45, 7) is 5.30. The molecule has 2 amide bonds. The van der Waals surface area contributed by atoms with Crippen molar-refractivity contribution in [3.8, 4) is 5.75 Å². The Morgan fingerprint density at radius 1 is 1.13 bits per heavy atom. The number of Topliss-reactive ketones (excluding diaryl/α,β-unsaturated/α-hetero) is 2. The Kier molecular flexibility index (Phi) is 11.3. The van der Waals surface area contributed by atoms with Crippen LogP contribution in [0.1, 0.15) is 67.4 Å². The lowest BCUT2D eigenvalue weighted by molar-refractivity contribution is -0.148. The number of phenolic OH excluding ortho intramolecular Hbond substituents is 1. The van der Waals surface area contributed by atoms with Gasteiger partial charge in [-0.1, -0.05) is 33.1 Å². The Balaban J connectivity index is 2.11. The van der Waals surface area contributed by atoms with Crippen LogP contribution in [0.3, 0.4) is 0 Å². The van der Waals surface area contributed by atoms with Crippen LogP contribution in [-0.4, -0.2) is 95.3 Å². The van der Waals surface area contributed by atoms with E-state index in [1.165, 1.54) is 19.0 Å². The molecule has 14 nitrogen and oxygen atoms in total. The zero-order chi connectivity index (χ0) is 34.7. The first-order valence-corrected chi connectivity index (χ1v) is 15.3. The Bertz CT molecular complexity index is 1480. The van der Waals surface area contributed by atoms with E-state index in [4.69, 9.17) is 10.3 Å². The summed E-state index contributed by atoms with van der Waals surface area (Å²) in [5.41, 5.74) is 3.81. The number of alkyl carbamates (subject to hydrolysis) is 1. The van der Waals surface area contributed by atoms with E-state index in [-0.39, 0.29) is 36.3 Å². The number of hydrogen-bond acceptors (Lipinski definition) is 12. The van der Waals surface area contributed by atoms with Crippen molar-refractivity contribution in [3.63, 3.8) is 0 Å². The molecule has 14 heteroatoms. The van der Waals surface area contributed by atoms with Crippen molar-refractivity contribution >= 4 is 29.3 Å². The maximum Gasteiger partial charge on any atom is 0.407 e. The number of anilines is 1. The smallest absolute Gasteiger partial charge is 0.407 e. The monoisotopic (exact) mass is 643 g/mol. The number of aliphatic hydroxyl groups is 3. The Hall–Kier alpha value is -4.30. The summed E-state index contributed by atoms with van der Waals surface area (Å²) in [7, 11) is 6.52. The number of ketones is 2. The number of fused-ring (bicyclic) bond motifs is 1. The van der Waals surface area contributed by atoms with Crippen molar-refractivity contribution in [1.29, 1.82) is 5.53 Å². The second kappa shape index (κ2) is 14.4. The molecule has 0 fully saturated rings. The molecule has 0 saturated carbocycles. The standard InChI is InChI=1S/C32H45N5O9/c1-8-9-10-11-12-46-31(44)34-15-18-14-20(36(4)5)17(3)22(25(18)38)26(39)21-16(2)13-19-24(37(6)7)27(40)23(30(43)35-33)29(42)32(19,45)28(21)41/h14,16,19,24,33,38,40-41,45H,8-13,15H2,1-7H3,(H,34,44)/t16-,19-,24-,32-/m0/s1. The Morgan fingerprint density at radius 2 is 1.78 bits per heavy atom. The van der Waals surface area contributed by atoms with E-state index in [0.717, 1.165) is 19.3 Å². The van der Waals surface area contributed by atoms with Crippen molar-refractivity contribution in [2.75, 3.05) is 39.7 Å². The van der Waals surface area contributed by atoms with Gasteiger partial charge in [-0.3, -0.25) is 19.3 Å². The van der Waals surface area contributed by atoms with Gasteiger partial charge in [-0.2, -0.15) is 0 Å². The average Bonchev–Trinajstić information content (AvgIpc) is 2.98. The zero-order valence-corrected chi connectivity index (χ0v) is 27.4. The number of amides is 2. The summed E-state index contributed by atoms with van der Waals surface area (Å²) >= 11 is 0. The van der Waals surface area contributed by atoms with E-state index >= 15 is 0 Å². The molecule has 2 aliphatic rings. The average molecular weight is 644 g/mol. The minimum absolute atomic E-state index is 0.0779.